The van der Waals surface area contributed by atoms with Gasteiger partial charge in [-0.15, -0.1) is 0 Å². The van der Waals surface area contributed by atoms with E-state index in [4.69, 9.17) is 5.73 Å². The number of hydrogen-bond donors (Lipinski definition) is 1. The number of carbonyl (C=O) groups is 1. The second-order valence-corrected chi connectivity index (χ2v) is 5.32. The number of carbonyl (C=O) groups excluding carboxylic acids is 1. The van der Waals surface area contributed by atoms with Gasteiger partial charge < -0.3 is 10.6 Å². The molecule has 0 aromatic carbocycles. The van der Waals surface area contributed by atoms with E-state index in [1.165, 1.54) is 0 Å². The smallest absolute Gasteiger partial charge is 0.272 e. The molecule has 1 aliphatic heterocycles. The van der Waals surface area contributed by atoms with Gasteiger partial charge in [-0.05, 0) is 43.5 Å². The van der Waals surface area contributed by atoms with Crippen molar-refractivity contribution in [2.45, 2.75) is 12.8 Å². The van der Waals surface area contributed by atoms with Crippen LogP contribution in [0.2, 0.25) is 0 Å². The first-order valence-corrected chi connectivity index (χ1v) is 7.23. The van der Waals surface area contributed by atoms with Crippen molar-refractivity contribution in [3.63, 3.8) is 0 Å². The van der Waals surface area contributed by atoms with Crippen molar-refractivity contribution in [1.82, 2.24) is 19.7 Å². The number of likely N-dealkylation sites (tertiary alicyclic amines) is 1. The predicted molar refractivity (Wildman–Crippen MR) is 79.0 cm³/mol. The van der Waals surface area contributed by atoms with Gasteiger partial charge >= 0.3 is 0 Å². The van der Waals surface area contributed by atoms with Crippen LogP contribution in [0.25, 0.3) is 5.69 Å². The van der Waals surface area contributed by atoms with Crippen LogP contribution in [-0.2, 0) is 0 Å². The standard InChI is InChI=1S/C15H19N5O/c16-11-12-3-8-19(9-4-12)15(21)14-10-13(2-6-17-14)20-7-1-5-18-20/h1-2,5-7,10,12H,3-4,8-9,11,16H2. The molecule has 110 valence electrons. The number of hydrogen-bond acceptors (Lipinski definition) is 4. The number of nitrogens with zero attached hydrogens (tertiary/aromatic N) is 4. The van der Waals surface area contributed by atoms with E-state index in [0.717, 1.165) is 31.6 Å². The maximum Gasteiger partial charge on any atom is 0.272 e. The van der Waals surface area contributed by atoms with Crippen LogP contribution in [-0.4, -0.2) is 45.2 Å². The van der Waals surface area contributed by atoms with Crippen LogP contribution < -0.4 is 5.73 Å². The lowest BCUT2D eigenvalue weighted by Gasteiger charge is -2.31. The zero-order chi connectivity index (χ0) is 14.7. The first kappa shape index (κ1) is 13.8. The molecule has 0 saturated carbocycles. The Morgan fingerprint density at radius 1 is 1.33 bits per heavy atom. The lowest BCUT2D eigenvalue weighted by Crippen LogP contribution is -2.40. The van der Waals surface area contributed by atoms with Crippen molar-refractivity contribution >= 4 is 5.91 Å². The number of pyridine rings is 1. The number of nitrogens with two attached hydrogens (primary N) is 1. The Morgan fingerprint density at radius 2 is 2.14 bits per heavy atom. The summed E-state index contributed by atoms with van der Waals surface area (Å²) in [7, 11) is 0. The van der Waals surface area contributed by atoms with Crippen molar-refractivity contribution in [3.05, 3.63) is 42.5 Å². The summed E-state index contributed by atoms with van der Waals surface area (Å²) in [5.74, 6) is 0.525. The monoisotopic (exact) mass is 285 g/mol. The van der Waals surface area contributed by atoms with Crippen molar-refractivity contribution in [2.24, 2.45) is 11.7 Å². The first-order chi connectivity index (χ1) is 10.3. The molecule has 6 heteroatoms. The summed E-state index contributed by atoms with van der Waals surface area (Å²) in [4.78, 5) is 18.6. The summed E-state index contributed by atoms with van der Waals surface area (Å²) in [6.45, 7) is 2.22. The van der Waals surface area contributed by atoms with E-state index in [9.17, 15) is 4.79 Å². The molecule has 2 aromatic heterocycles. The Labute approximate surface area is 123 Å². The Kier molecular flexibility index (Phi) is 3.96. The predicted octanol–water partition coefficient (Wildman–Crippen LogP) is 1.08. The molecule has 3 heterocycles. The van der Waals surface area contributed by atoms with E-state index in [1.54, 1.807) is 23.1 Å². The van der Waals surface area contributed by atoms with Gasteiger partial charge in [0.2, 0.25) is 0 Å². The van der Waals surface area contributed by atoms with Crippen LogP contribution in [0, 0.1) is 5.92 Å². The van der Waals surface area contributed by atoms with Gasteiger partial charge in [-0.1, -0.05) is 0 Å². The fourth-order valence-corrected chi connectivity index (χ4v) is 2.63. The fraction of sp³-hybridized carbons (Fsp3) is 0.400. The topological polar surface area (TPSA) is 77.0 Å². The minimum atomic E-state index is -0.0144. The fourth-order valence-electron chi connectivity index (χ4n) is 2.63. The molecule has 1 fully saturated rings. The average molecular weight is 285 g/mol. The van der Waals surface area contributed by atoms with Gasteiger partial charge in [-0.3, -0.25) is 9.78 Å². The normalized spacial score (nSPS) is 16.1. The van der Waals surface area contributed by atoms with Crippen molar-refractivity contribution in [2.75, 3.05) is 19.6 Å². The number of rotatable bonds is 3. The van der Waals surface area contributed by atoms with Crippen molar-refractivity contribution in [1.29, 1.82) is 0 Å². The molecule has 0 bridgehead atoms. The molecule has 0 spiro atoms. The van der Waals surface area contributed by atoms with Crippen LogP contribution in [0.4, 0.5) is 0 Å². The van der Waals surface area contributed by atoms with E-state index in [-0.39, 0.29) is 5.91 Å². The maximum absolute atomic E-state index is 12.5. The molecule has 3 rings (SSSR count). The molecule has 2 N–H and O–H groups in total. The third-order valence-corrected chi connectivity index (χ3v) is 3.97. The van der Waals surface area contributed by atoms with Crippen LogP contribution in [0.15, 0.2) is 36.8 Å². The number of amides is 1. The van der Waals surface area contributed by atoms with Gasteiger partial charge in [0.15, 0.2) is 0 Å². The molecule has 1 amide bonds. The minimum absolute atomic E-state index is 0.0144. The quantitative estimate of drug-likeness (QED) is 0.915. The summed E-state index contributed by atoms with van der Waals surface area (Å²) in [6, 6.07) is 5.47. The highest BCUT2D eigenvalue weighted by Gasteiger charge is 2.23. The van der Waals surface area contributed by atoms with Gasteiger partial charge in [-0.25, -0.2) is 4.68 Å². The second kappa shape index (κ2) is 6.05. The van der Waals surface area contributed by atoms with Gasteiger partial charge in [0.25, 0.3) is 5.91 Å². The second-order valence-electron chi connectivity index (χ2n) is 5.32. The summed E-state index contributed by atoms with van der Waals surface area (Å²) in [5.41, 5.74) is 6.99. The van der Waals surface area contributed by atoms with Crippen LogP contribution in [0.3, 0.4) is 0 Å². The van der Waals surface area contributed by atoms with Gasteiger partial charge in [-0.2, -0.15) is 5.10 Å². The molecule has 1 saturated heterocycles. The van der Waals surface area contributed by atoms with Gasteiger partial charge in [0.05, 0.1) is 5.69 Å². The molecule has 0 atom stereocenters. The summed E-state index contributed by atoms with van der Waals surface area (Å²) in [6.07, 6.45) is 7.15. The van der Waals surface area contributed by atoms with E-state index in [0.29, 0.717) is 18.2 Å². The van der Waals surface area contributed by atoms with Crippen LogP contribution in [0.1, 0.15) is 23.3 Å². The van der Waals surface area contributed by atoms with Crippen LogP contribution >= 0.6 is 0 Å². The Bertz CT molecular complexity index is 602. The maximum atomic E-state index is 12.5. The van der Waals surface area contributed by atoms with Gasteiger partial charge in [0, 0.05) is 31.7 Å². The minimum Gasteiger partial charge on any atom is -0.337 e. The van der Waals surface area contributed by atoms with Gasteiger partial charge in [0.1, 0.15) is 5.69 Å². The SMILES string of the molecule is NCC1CCN(C(=O)c2cc(-n3cccn3)ccn2)CC1. The van der Waals surface area contributed by atoms with Crippen LogP contribution in [0.5, 0.6) is 0 Å². The van der Waals surface area contributed by atoms with Crippen molar-refractivity contribution in [3.8, 4) is 5.69 Å². The molecule has 0 unspecified atom stereocenters. The largest absolute Gasteiger partial charge is 0.337 e. The molecule has 1 aliphatic rings. The molecule has 2 aromatic rings. The number of piperidine rings is 1. The van der Waals surface area contributed by atoms with E-state index in [1.807, 2.05) is 23.2 Å². The zero-order valence-corrected chi connectivity index (χ0v) is 11.9. The Hall–Kier alpha value is -2.21. The third-order valence-electron chi connectivity index (χ3n) is 3.97. The molecule has 0 aliphatic carbocycles. The highest BCUT2D eigenvalue weighted by molar-refractivity contribution is 5.92. The zero-order valence-electron chi connectivity index (χ0n) is 11.9. The first-order valence-electron chi connectivity index (χ1n) is 7.23. The summed E-state index contributed by atoms with van der Waals surface area (Å²) in [5, 5.41) is 4.17. The Morgan fingerprint density at radius 3 is 2.81 bits per heavy atom. The third kappa shape index (κ3) is 2.95. The number of aromatic nitrogens is 3. The molecular formula is C15H19N5O. The van der Waals surface area contributed by atoms with E-state index < -0.39 is 0 Å². The summed E-state index contributed by atoms with van der Waals surface area (Å²) >= 11 is 0. The highest BCUT2D eigenvalue weighted by Crippen LogP contribution is 2.18. The van der Waals surface area contributed by atoms with E-state index >= 15 is 0 Å². The summed E-state index contributed by atoms with van der Waals surface area (Å²) < 4.78 is 1.72. The molecule has 6 nitrogen and oxygen atoms in total. The molecule has 0 radical (unpaired) electrons. The molecule has 21 heavy (non-hydrogen) atoms. The molecular weight excluding hydrogens is 266 g/mol. The lowest BCUT2D eigenvalue weighted by atomic mass is 9.97. The van der Waals surface area contributed by atoms with Crippen molar-refractivity contribution < 1.29 is 4.79 Å². The van der Waals surface area contributed by atoms with E-state index in [2.05, 4.69) is 10.1 Å². The average Bonchev–Trinajstić information content (AvgIpc) is 3.09. The highest BCUT2D eigenvalue weighted by atomic mass is 16.2. The lowest BCUT2D eigenvalue weighted by molar-refractivity contribution is 0.0687. The Balaban J connectivity index is 1.75.